The molecule has 0 heterocycles. The van der Waals surface area contributed by atoms with Crippen LogP contribution in [0, 0.1) is 0 Å². The summed E-state index contributed by atoms with van der Waals surface area (Å²) in [6.45, 7) is 0. The Morgan fingerprint density at radius 2 is 2.42 bits per heavy atom. The van der Waals surface area contributed by atoms with E-state index in [9.17, 15) is 4.79 Å². The molecule has 0 saturated heterocycles. The van der Waals surface area contributed by atoms with E-state index in [2.05, 4.69) is 0 Å². The van der Waals surface area contributed by atoms with Crippen LogP contribution < -0.4 is 0 Å². The van der Waals surface area contributed by atoms with Gasteiger partial charge in [-0.05, 0) is 12.5 Å². The molecular formula is C8H8Cl2O2. The fourth-order valence-corrected chi connectivity index (χ4v) is 1.41. The molecule has 1 atom stereocenters. The smallest absolute Gasteiger partial charge is 0.305 e. The first kappa shape index (κ1) is 9.62. The molecule has 0 amide bonds. The summed E-state index contributed by atoms with van der Waals surface area (Å²) in [7, 11) is 0. The Morgan fingerprint density at radius 3 is 2.83 bits per heavy atom. The quantitative estimate of drug-likeness (QED) is 0.706. The number of rotatable bonds is 2. The molecule has 1 rings (SSSR count). The maximum atomic E-state index is 10.4. The van der Waals surface area contributed by atoms with Gasteiger partial charge >= 0.3 is 5.97 Å². The van der Waals surface area contributed by atoms with Crippen LogP contribution in [-0.4, -0.2) is 16.0 Å². The highest BCUT2D eigenvalue weighted by molar-refractivity contribution is 6.32. The van der Waals surface area contributed by atoms with Gasteiger partial charge < -0.3 is 5.11 Å². The van der Waals surface area contributed by atoms with Gasteiger partial charge in [-0.1, -0.05) is 23.8 Å². The van der Waals surface area contributed by atoms with E-state index in [1.807, 2.05) is 0 Å². The molecule has 2 nitrogen and oxygen atoms in total. The summed E-state index contributed by atoms with van der Waals surface area (Å²) in [5.74, 6) is -0.902. The highest BCUT2D eigenvalue weighted by Crippen LogP contribution is 2.31. The molecular weight excluding hydrogens is 199 g/mol. The zero-order chi connectivity index (χ0) is 9.19. The van der Waals surface area contributed by atoms with Gasteiger partial charge in [0, 0.05) is 5.03 Å². The zero-order valence-electron chi connectivity index (χ0n) is 6.26. The summed E-state index contributed by atoms with van der Waals surface area (Å²) in [6.07, 6.45) is 5.37. The number of carboxylic acids is 1. The Hall–Kier alpha value is -0.470. The summed E-state index contributed by atoms with van der Waals surface area (Å²) in [5, 5.41) is 9.13. The molecule has 12 heavy (non-hydrogen) atoms. The molecule has 0 aromatic heterocycles. The Balaban J connectivity index is 2.65. The molecule has 0 aromatic rings. The zero-order valence-corrected chi connectivity index (χ0v) is 7.77. The average Bonchev–Trinajstić information content (AvgIpc) is 1.94. The van der Waals surface area contributed by atoms with Crippen molar-refractivity contribution in [1.29, 1.82) is 0 Å². The van der Waals surface area contributed by atoms with E-state index in [1.165, 1.54) is 0 Å². The molecule has 1 aliphatic carbocycles. The topological polar surface area (TPSA) is 37.3 Å². The van der Waals surface area contributed by atoms with Crippen LogP contribution in [-0.2, 0) is 4.79 Å². The van der Waals surface area contributed by atoms with Crippen LogP contribution in [0.1, 0.15) is 12.8 Å². The van der Waals surface area contributed by atoms with Gasteiger partial charge in [0.25, 0.3) is 0 Å². The monoisotopic (exact) mass is 206 g/mol. The first-order chi connectivity index (χ1) is 5.52. The normalized spacial score (nSPS) is 28.3. The van der Waals surface area contributed by atoms with E-state index in [4.69, 9.17) is 28.3 Å². The minimum Gasteiger partial charge on any atom is -0.481 e. The third-order valence-electron chi connectivity index (χ3n) is 1.62. The van der Waals surface area contributed by atoms with Crippen LogP contribution >= 0.6 is 23.2 Å². The predicted octanol–water partition coefficient (Wildman–Crippen LogP) is 2.52. The van der Waals surface area contributed by atoms with E-state index >= 15 is 0 Å². The highest BCUT2D eigenvalue weighted by atomic mass is 35.5. The molecule has 0 saturated carbocycles. The summed E-state index contributed by atoms with van der Waals surface area (Å²) in [4.78, 5) is 9.59. The Kier molecular flexibility index (Phi) is 2.80. The summed E-state index contributed by atoms with van der Waals surface area (Å²) in [5.41, 5.74) is 0. The number of carboxylic acid groups (broad SMARTS) is 1. The summed E-state index contributed by atoms with van der Waals surface area (Å²) in [6, 6.07) is 0. The first-order valence-electron chi connectivity index (χ1n) is 3.47. The number of allylic oxidation sites excluding steroid dienone is 4. The standard InChI is InChI=1S/C8H8Cl2O2/c9-6-1-3-8(10,4-2-6)5-7(11)12/h1-3H,4-5H2,(H,11,12). The SMILES string of the molecule is O=C(O)CC1(Cl)C=CC(Cl)=CC1. The van der Waals surface area contributed by atoms with Crippen molar-refractivity contribution in [3.63, 3.8) is 0 Å². The molecule has 0 bridgehead atoms. The molecule has 0 fully saturated rings. The highest BCUT2D eigenvalue weighted by Gasteiger charge is 2.28. The second kappa shape index (κ2) is 3.50. The number of hydrogen-bond acceptors (Lipinski definition) is 1. The number of halogens is 2. The van der Waals surface area contributed by atoms with Crippen molar-refractivity contribution in [1.82, 2.24) is 0 Å². The molecule has 66 valence electrons. The molecule has 1 aliphatic rings. The average molecular weight is 207 g/mol. The van der Waals surface area contributed by atoms with Crippen molar-refractivity contribution in [3.8, 4) is 0 Å². The van der Waals surface area contributed by atoms with Crippen LogP contribution in [0.25, 0.3) is 0 Å². The second-order valence-corrected chi connectivity index (χ2v) is 3.92. The Labute approximate surface area is 80.5 Å². The van der Waals surface area contributed by atoms with Crippen molar-refractivity contribution >= 4 is 29.2 Å². The Bertz CT molecular complexity index is 258. The molecule has 0 radical (unpaired) electrons. The number of hydrogen-bond donors (Lipinski definition) is 1. The molecule has 1 N–H and O–H groups in total. The lowest BCUT2D eigenvalue weighted by atomic mass is 9.96. The minimum atomic E-state index is -0.902. The van der Waals surface area contributed by atoms with Crippen LogP contribution in [0.4, 0.5) is 0 Å². The van der Waals surface area contributed by atoms with Gasteiger partial charge in [-0.3, -0.25) is 4.79 Å². The second-order valence-electron chi connectivity index (χ2n) is 2.73. The van der Waals surface area contributed by atoms with Crippen LogP contribution in [0.2, 0.25) is 0 Å². The predicted molar refractivity (Wildman–Crippen MR) is 48.5 cm³/mol. The van der Waals surface area contributed by atoms with E-state index < -0.39 is 10.8 Å². The van der Waals surface area contributed by atoms with Crippen molar-refractivity contribution in [2.45, 2.75) is 17.7 Å². The number of alkyl halides is 1. The lowest BCUT2D eigenvalue weighted by Crippen LogP contribution is -2.23. The van der Waals surface area contributed by atoms with Crippen LogP contribution in [0.3, 0.4) is 0 Å². The number of aliphatic carboxylic acids is 1. The maximum Gasteiger partial charge on any atom is 0.305 e. The van der Waals surface area contributed by atoms with E-state index in [1.54, 1.807) is 18.2 Å². The van der Waals surface area contributed by atoms with E-state index in [-0.39, 0.29) is 6.42 Å². The lowest BCUT2D eigenvalue weighted by molar-refractivity contribution is -0.137. The molecule has 0 aliphatic heterocycles. The molecule has 1 unspecified atom stereocenters. The van der Waals surface area contributed by atoms with Crippen molar-refractivity contribution < 1.29 is 9.90 Å². The van der Waals surface area contributed by atoms with Gasteiger partial charge in [-0.25, -0.2) is 0 Å². The van der Waals surface area contributed by atoms with Gasteiger partial charge in [0.15, 0.2) is 0 Å². The van der Waals surface area contributed by atoms with Gasteiger partial charge in [0.05, 0.1) is 11.3 Å². The van der Waals surface area contributed by atoms with Crippen LogP contribution in [0.15, 0.2) is 23.3 Å². The lowest BCUT2D eigenvalue weighted by Gasteiger charge is -2.21. The van der Waals surface area contributed by atoms with Gasteiger partial charge in [0.2, 0.25) is 0 Å². The molecule has 0 aromatic carbocycles. The fraction of sp³-hybridized carbons (Fsp3) is 0.375. The number of carbonyl (C=O) groups is 1. The van der Waals surface area contributed by atoms with Crippen molar-refractivity contribution in [3.05, 3.63) is 23.3 Å². The van der Waals surface area contributed by atoms with E-state index in [0.29, 0.717) is 11.5 Å². The third-order valence-corrected chi connectivity index (χ3v) is 2.32. The largest absolute Gasteiger partial charge is 0.481 e. The first-order valence-corrected chi connectivity index (χ1v) is 4.23. The Morgan fingerprint density at radius 1 is 1.75 bits per heavy atom. The third kappa shape index (κ3) is 2.54. The summed E-state index contributed by atoms with van der Waals surface area (Å²) < 4.78 is 0. The minimum absolute atomic E-state index is 0.0777. The van der Waals surface area contributed by atoms with E-state index in [0.717, 1.165) is 0 Å². The van der Waals surface area contributed by atoms with Gasteiger partial charge in [0.1, 0.15) is 0 Å². The summed E-state index contributed by atoms with van der Waals surface area (Å²) >= 11 is 11.6. The van der Waals surface area contributed by atoms with Gasteiger partial charge in [-0.2, -0.15) is 0 Å². The van der Waals surface area contributed by atoms with Crippen molar-refractivity contribution in [2.24, 2.45) is 0 Å². The molecule has 0 spiro atoms. The maximum absolute atomic E-state index is 10.4. The van der Waals surface area contributed by atoms with Crippen LogP contribution in [0.5, 0.6) is 0 Å². The molecule has 4 heteroatoms. The fourth-order valence-electron chi connectivity index (χ4n) is 1.01. The van der Waals surface area contributed by atoms with Crippen molar-refractivity contribution in [2.75, 3.05) is 0 Å². The van der Waals surface area contributed by atoms with Gasteiger partial charge in [-0.15, -0.1) is 11.6 Å².